The van der Waals surface area contributed by atoms with Gasteiger partial charge in [-0.2, -0.15) is 0 Å². The molecule has 0 bridgehead atoms. The summed E-state index contributed by atoms with van der Waals surface area (Å²) < 4.78 is 5.22. The van der Waals surface area contributed by atoms with Gasteiger partial charge in [0.2, 0.25) is 0 Å². The lowest BCUT2D eigenvalue weighted by Gasteiger charge is -2.33. The van der Waals surface area contributed by atoms with Crippen molar-refractivity contribution >= 4 is 12.1 Å². The number of rotatable bonds is 4. The van der Waals surface area contributed by atoms with Crippen molar-refractivity contribution in [3.63, 3.8) is 0 Å². The Morgan fingerprint density at radius 2 is 2.00 bits per heavy atom. The molecule has 1 saturated carbocycles. The predicted molar refractivity (Wildman–Crippen MR) is 76.5 cm³/mol. The first-order chi connectivity index (χ1) is 9.17. The van der Waals surface area contributed by atoms with Gasteiger partial charge in [0.25, 0.3) is 0 Å². The fourth-order valence-electron chi connectivity index (χ4n) is 2.83. The normalized spacial score (nSPS) is 24.8. The second-order valence-corrected chi connectivity index (χ2v) is 6.88. The van der Waals surface area contributed by atoms with Crippen LogP contribution >= 0.6 is 0 Å². The van der Waals surface area contributed by atoms with Crippen LogP contribution < -0.4 is 5.32 Å². The van der Waals surface area contributed by atoms with Crippen LogP contribution in [0.5, 0.6) is 0 Å². The molecule has 20 heavy (non-hydrogen) atoms. The average molecular weight is 285 g/mol. The van der Waals surface area contributed by atoms with Crippen molar-refractivity contribution in [2.45, 2.75) is 71.4 Å². The van der Waals surface area contributed by atoms with Gasteiger partial charge in [-0.1, -0.05) is 19.8 Å². The third kappa shape index (κ3) is 6.26. The van der Waals surface area contributed by atoms with E-state index in [1.165, 1.54) is 6.42 Å². The van der Waals surface area contributed by atoms with Gasteiger partial charge in [-0.05, 0) is 45.4 Å². The smallest absolute Gasteiger partial charge is 0.407 e. The molecule has 116 valence electrons. The molecule has 0 heterocycles. The Morgan fingerprint density at radius 3 is 2.50 bits per heavy atom. The number of carbonyl (C=O) groups excluding carboxylic acids is 1. The summed E-state index contributed by atoms with van der Waals surface area (Å²) >= 11 is 0. The Labute approximate surface area is 121 Å². The highest BCUT2D eigenvalue weighted by molar-refractivity contribution is 5.71. The first-order valence-corrected chi connectivity index (χ1v) is 7.38. The zero-order valence-corrected chi connectivity index (χ0v) is 12.9. The highest BCUT2D eigenvalue weighted by atomic mass is 16.6. The van der Waals surface area contributed by atoms with Crippen molar-refractivity contribution in [3.8, 4) is 0 Å². The molecule has 5 nitrogen and oxygen atoms in total. The maximum absolute atomic E-state index is 11.8. The van der Waals surface area contributed by atoms with Crippen LogP contribution in [0.1, 0.15) is 59.8 Å². The van der Waals surface area contributed by atoms with Gasteiger partial charge in [0.1, 0.15) is 5.60 Å². The summed E-state index contributed by atoms with van der Waals surface area (Å²) in [5.74, 6) is -0.0721. The summed E-state index contributed by atoms with van der Waals surface area (Å²) in [6.07, 6.45) is 3.64. The average Bonchev–Trinajstić information content (AvgIpc) is 2.24. The summed E-state index contributed by atoms with van der Waals surface area (Å²) in [4.78, 5) is 22.9. The van der Waals surface area contributed by atoms with Crippen molar-refractivity contribution in [3.05, 3.63) is 0 Å². The number of hydrogen-bond acceptors (Lipinski definition) is 3. The van der Waals surface area contributed by atoms with Crippen LogP contribution in [0, 0.1) is 11.8 Å². The molecular formula is C15H27NO4. The summed E-state index contributed by atoms with van der Waals surface area (Å²) in [6.45, 7) is 7.56. The number of alkyl carbamates (subject to hydrolysis) is 1. The van der Waals surface area contributed by atoms with E-state index in [2.05, 4.69) is 12.2 Å². The quantitative estimate of drug-likeness (QED) is 0.831. The lowest BCUT2D eigenvalue weighted by atomic mass is 9.78. The lowest BCUT2D eigenvalue weighted by Crippen LogP contribution is -2.45. The van der Waals surface area contributed by atoms with Gasteiger partial charge >= 0.3 is 12.1 Å². The van der Waals surface area contributed by atoms with Crippen LogP contribution in [-0.2, 0) is 9.53 Å². The minimum absolute atomic E-state index is 0.0450. The van der Waals surface area contributed by atoms with Gasteiger partial charge in [0.15, 0.2) is 0 Å². The molecule has 0 spiro atoms. The van der Waals surface area contributed by atoms with Crippen molar-refractivity contribution in [2.75, 3.05) is 0 Å². The number of carbonyl (C=O) groups is 2. The van der Waals surface area contributed by atoms with E-state index in [-0.39, 0.29) is 18.4 Å². The van der Waals surface area contributed by atoms with Gasteiger partial charge < -0.3 is 15.2 Å². The molecule has 2 N–H and O–H groups in total. The van der Waals surface area contributed by atoms with Crippen molar-refractivity contribution in [1.29, 1.82) is 0 Å². The molecule has 0 saturated heterocycles. The molecule has 1 aliphatic carbocycles. The van der Waals surface area contributed by atoms with E-state index < -0.39 is 17.7 Å². The first kappa shape index (κ1) is 16.8. The number of amides is 1. The van der Waals surface area contributed by atoms with Gasteiger partial charge in [-0.25, -0.2) is 4.79 Å². The van der Waals surface area contributed by atoms with Crippen LogP contribution in [0.2, 0.25) is 0 Å². The second-order valence-electron chi connectivity index (χ2n) is 6.88. The highest BCUT2D eigenvalue weighted by Crippen LogP contribution is 2.32. The summed E-state index contributed by atoms with van der Waals surface area (Å²) in [5, 5.41) is 11.8. The topological polar surface area (TPSA) is 75.6 Å². The summed E-state index contributed by atoms with van der Waals surface area (Å²) in [7, 11) is 0. The highest BCUT2D eigenvalue weighted by Gasteiger charge is 2.30. The molecule has 1 fully saturated rings. The number of carboxylic acid groups (broad SMARTS) is 1. The maximum atomic E-state index is 11.8. The van der Waals surface area contributed by atoms with Gasteiger partial charge in [-0.15, -0.1) is 0 Å². The molecule has 1 amide bonds. The number of ether oxygens (including phenoxy) is 1. The molecule has 0 aromatic carbocycles. The van der Waals surface area contributed by atoms with Crippen LogP contribution in [0.4, 0.5) is 4.79 Å². The second kappa shape index (κ2) is 6.95. The Kier molecular flexibility index (Phi) is 5.84. The minimum atomic E-state index is -0.885. The van der Waals surface area contributed by atoms with E-state index in [1.54, 1.807) is 20.8 Å². The predicted octanol–water partition coefficient (Wildman–Crippen LogP) is 3.18. The molecular weight excluding hydrogens is 258 g/mol. The van der Waals surface area contributed by atoms with E-state index in [9.17, 15) is 9.59 Å². The Bertz CT molecular complexity index is 348. The van der Waals surface area contributed by atoms with E-state index in [1.807, 2.05) is 0 Å². The molecule has 5 heteroatoms. The molecule has 2 unspecified atom stereocenters. The van der Waals surface area contributed by atoms with Crippen molar-refractivity contribution in [1.82, 2.24) is 5.32 Å². The van der Waals surface area contributed by atoms with Crippen LogP contribution in [0.3, 0.4) is 0 Å². The molecule has 0 aromatic heterocycles. The Hall–Kier alpha value is -1.26. The van der Waals surface area contributed by atoms with Gasteiger partial charge in [0.05, 0.1) is 6.42 Å². The first-order valence-electron chi connectivity index (χ1n) is 7.38. The molecule has 0 radical (unpaired) electrons. The maximum Gasteiger partial charge on any atom is 0.407 e. The van der Waals surface area contributed by atoms with Crippen LogP contribution in [0.25, 0.3) is 0 Å². The fourth-order valence-corrected chi connectivity index (χ4v) is 2.83. The molecule has 0 aromatic rings. The monoisotopic (exact) mass is 285 g/mol. The Morgan fingerprint density at radius 1 is 1.35 bits per heavy atom. The van der Waals surface area contributed by atoms with Gasteiger partial charge in [-0.3, -0.25) is 4.79 Å². The molecule has 1 aliphatic rings. The number of hydrogen-bond donors (Lipinski definition) is 2. The fraction of sp³-hybridized carbons (Fsp3) is 0.867. The number of aliphatic carboxylic acids is 1. The molecule has 0 aliphatic heterocycles. The third-order valence-corrected chi connectivity index (χ3v) is 3.64. The van der Waals surface area contributed by atoms with E-state index in [0.717, 1.165) is 19.3 Å². The summed E-state index contributed by atoms with van der Waals surface area (Å²) in [6, 6.07) is -0.343. The summed E-state index contributed by atoms with van der Waals surface area (Å²) in [5.41, 5.74) is -0.572. The SMILES string of the molecule is CC1CCCC([C@H](CC(=O)O)NC(=O)OC(C)(C)C)C1. The van der Waals surface area contributed by atoms with Crippen molar-refractivity contribution in [2.24, 2.45) is 11.8 Å². The zero-order chi connectivity index (χ0) is 15.3. The largest absolute Gasteiger partial charge is 0.481 e. The van der Waals surface area contributed by atoms with Gasteiger partial charge in [0, 0.05) is 6.04 Å². The number of carboxylic acids is 1. The van der Waals surface area contributed by atoms with Crippen LogP contribution in [0.15, 0.2) is 0 Å². The zero-order valence-electron chi connectivity index (χ0n) is 12.9. The lowest BCUT2D eigenvalue weighted by molar-refractivity contribution is -0.138. The van der Waals surface area contributed by atoms with Crippen LogP contribution in [-0.4, -0.2) is 28.8 Å². The number of nitrogens with one attached hydrogen (secondary N) is 1. The third-order valence-electron chi connectivity index (χ3n) is 3.64. The Balaban J connectivity index is 2.64. The van der Waals surface area contributed by atoms with E-state index in [0.29, 0.717) is 5.92 Å². The van der Waals surface area contributed by atoms with E-state index >= 15 is 0 Å². The molecule has 1 rings (SSSR count). The van der Waals surface area contributed by atoms with E-state index in [4.69, 9.17) is 9.84 Å². The van der Waals surface area contributed by atoms with Crippen molar-refractivity contribution < 1.29 is 19.4 Å². The molecule has 3 atom stereocenters. The standard InChI is InChI=1S/C15H27NO4/c1-10-6-5-7-11(8-10)12(9-13(17)18)16-14(19)20-15(2,3)4/h10-12H,5-9H2,1-4H3,(H,16,19)(H,17,18)/t10?,11?,12-/m0/s1. The minimum Gasteiger partial charge on any atom is -0.481 e.